The largest absolute Gasteiger partial charge is 0.438 e. The molecule has 0 aromatic carbocycles. The number of carbonyl (C=O) groups excluding carboxylic acids is 1. The average molecular weight is 132 g/mol. The van der Waals surface area contributed by atoms with Crippen LogP contribution in [0.25, 0.3) is 0 Å². The second kappa shape index (κ2) is 10.2. The van der Waals surface area contributed by atoms with Crippen LogP contribution in [0.2, 0.25) is 0 Å². The molecule has 0 fully saturated rings. The van der Waals surface area contributed by atoms with Crippen LogP contribution in [-0.2, 0) is 9.53 Å². The van der Waals surface area contributed by atoms with Crippen LogP contribution in [0.4, 0.5) is 0 Å². The van der Waals surface area contributed by atoms with Crippen molar-refractivity contribution >= 4 is 6.47 Å². The molecular formula is C6H12O3. The maximum atomic E-state index is 9.39. The van der Waals surface area contributed by atoms with Crippen LogP contribution in [-0.4, -0.2) is 17.9 Å². The van der Waals surface area contributed by atoms with Crippen molar-refractivity contribution in [2.24, 2.45) is 0 Å². The zero-order valence-electron chi connectivity index (χ0n) is 5.54. The molecule has 3 heteroatoms. The van der Waals surface area contributed by atoms with Crippen molar-refractivity contribution in [2.75, 3.05) is 0 Å². The summed E-state index contributed by atoms with van der Waals surface area (Å²) >= 11 is 0. The molecule has 1 atom stereocenters. The van der Waals surface area contributed by atoms with Gasteiger partial charge in [-0.05, 0) is 0 Å². The van der Waals surface area contributed by atoms with Crippen LogP contribution < -0.4 is 0 Å². The number of carbonyl (C=O) groups is 1. The third-order valence-corrected chi connectivity index (χ3v) is 0.562. The van der Waals surface area contributed by atoms with Gasteiger partial charge in [-0.2, -0.15) is 0 Å². The first-order valence-electron chi connectivity index (χ1n) is 2.58. The summed E-state index contributed by atoms with van der Waals surface area (Å²) in [6.45, 7) is 7.95. The molecule has 1 N–H and O–H groups in total. The van der Waals surface area contributed by atoms with Crippen LogP contribution in [0.15, 0.2) is 13.2 Å². The van der Waals surface area contributed by atoms with E-state index in [1.807, 2.05) is 0 Å². The fraction of sp³-hybridized carbons (Fsp3) is 0.500. The van der Waals surface area contributed by atoms with Gasteiger partial charge in [0.25, 0.3) is 6.47 Å². The van der Waals surface area contributed by atoms with Crippen molar-refractivity contribution in [1.82, 2.24) is 0 Å². The number of aliphatic hydroxyl groups is 1. The standard InChI is InChI=1S/C4H8O3.C2H4/c1-2-4(6)7-3-5;1-2/h3-4,6H,2H2,1H3;1-2H2. The lowest BCUT2D eigenvalue weighted by Crippen LogP contribution is -2.07. The van der Waals surface area contributed by atoms with Crippen molar-refractivity contribution in [2.45, 2.75) is 19.6 Å². The molecule has 0 radical (unpaired) electrons. The SMILES string of the molecule is C=C.CCC(O)OC=O. The molecule has 1 unspecified atom stereocenters. The van der Waals surface area contributed by atoms with Gasteiger partial charge in [0.2, 0.25) is 0 Å². The maximum absolute atomic E-state index is 9.39. The molecule has 0 aromatic heterocycles. The molecule has 0 aliphatic heterocycles. The van der Waals surface area contributed by atoms with E-state index in [-0.39, 0.29) is 6.47 Å². The minimum absolute atomic E-state index is 0.230. The Morgan fingerprint density at radius 3 is 2.33 bits per heavy atom. The topological polar surface area (TPSA) is 46.5 Å². The summed E-state index contributed by atoms with van der Waals surface area (Å²) in [5.74, 6) is 0. The lowest BCUT2D eigenvalue weighted by molar-refractivity contribution is -0.151. The normalized spacial score (nSPS) is 10.4. The predicted molar refractivity (Wildman–Crippen MR) is 34.7 cm³/mol. The van der Waals surface area contributed by atoms with Gasteiger partial charge in [0.1, 0.15) is 0 Å². The molecule has 0 spiro atoms. The van der Waals surface area contributed by atoms with E-state index >= 15 is 0 Å². The van der Waals surface area contributed by atoms with Crippen molar-refractivity contribution in [3.8, 4) is 0 Å². The van der Waals surface area contributed by atoms with Crippen molar-refractivity contribution < 1.29 is 14.6 Å². The van der Waals surface area contributed by atoms with Gasteiger partial charge >= 0.3 is 0 Å². The predicted octanol–water partition coefficient (Wildman–Crippen LogP) is 0.690. The zero-order chi connectivity index (χ0) is 7.70. The highest BCUT2D eigenvalue weighted by atomic mass is 16.6. The third kappa shape index (κ3) is 11.0. The van der Waals surface area contributed by atoms with Gasteiger partial charge < -0.3 is 9.84 Å². The van der Waals surface area contributed by atoms with E-state index in [0.717, 1.165) is 0 Å². The first-order chi connectivity index (χ1) is 4.31. The minimum atomic E-state index is -0.919. The summed E-state index contributed by atoms with van der Waals surface area (Å²) in [7, 11) is 0. The molecular weight excluding hydrogens is 120 g/mol. The van der Waals surface area contributed by atoms with Crippen molar-refractivity contribution in [3.63, 3.8) is 0 Å². The summed E-state index contributed by atoms with van der Waals surface area (Å²) in [5.41, 5.74) is 0. The number of ether oxygens (including phenoxy) is 1. The highest BCUT2D eigenvalue weighted by Crippen LogP contribution is 1.86. The Hall–Kier alpha value is -0.830. The molecule has 0 saturated carbocycles. The van der Waals surface area contributed by atoms with Crippen molar-refractivity contribution in [3.05, 3.63) is 13.2 Å². The lowest BCUT2D eigenvalue weighted by atomic mass is 10.5. The van der Waals surface area contributed by atoms with Gasteiger partial charge in [0, 0.05) is 6.42 Å². The van der Waals surface area contributed by atoms with Gasteiger partial charge in [-0.3, -0.25) is 4.79 Å². The Morgan fingerprint density at radius 1 is 1.78 bits per heavy atom. The van der Waals surface area contributed by atoms with Gasteiger partial charge in [0.15, 0.2) is 6.29 Å². The van der Waals surface area contributed by atoms with E-state index in [0.29, 0.717) is 6.42 Å². The van der Waals surface area contributed by atoms with Crippen molar-refractivity contribution in [1.29, 1.82) is 0 Å². The van der Waals surface area contributed by atoms with Gasteiger partial charge in [-0.15, -0.1) is 13.2 Å². The van der Waals surface area contributed by atoms with E-state index in [1.165, 1.54) is 0 Å². The summed E-state index contributed by atoms with van der Waals surface area (Å²) in [5, 5.41) is 8.40. The Bertz CT molecular complexity index is 63.3. The molecule has 0 aliphatic rings. The van der Waals surface area contributed by atoms with E-state index in [9.17, 15) is 4.79 Å². The fourth-order valence-electron chi connectivity index (χ4n) is 0.160. The van der Waals surface area contributed by atoms with Gasteiger partial charge in [-0.1, -0.05) is 6.92 Å². The monoisotopic (exact) mass is 132 g/mol. The number of hydrogen-bond donors (Lipinski definition) is 1. The molecule has 0 heterocycles. The second-order valence-corrected chi connectivity index (χ2v) is 1.10. The molecule has 9 heavy (non-hydrogen) atoms. The van der Waals surface area contributed by atoms with E-state index in [2.05, 4.69) is 17.9 Å². The van der Waals surface area contributed by atoms with Gasteiger partial charge in [-0.25, -0.2) is 0 Å². The van der Waals surface area contributed by atoms with Crippen LogP contribution in [0, 0.1) is 0 Å². The van der Waals surface area contributed by atoms with Crippen LogP contribution in [0.1, 0.15) is 13.3 Å². The average Bonchev–Trinajstić information content (AvgIpc) is 1.93. The van der Waals surface area contributed by atoms with E-state index < -0.39 is 6.29 Å². The second-order valence-electron chi connectivity index (χ2n) is 1.10. The molecule has 0 bridgehead atoms. The quantitative estimate of drug-likeness (QED) is 0.349. The molecule has 0 aromatic rings. The maximum Gasteiger partial charge on any atom is 0.295 e. The lowest BCUT2D eigenvalue weighted by Gasteiger charge is -2.01. The number of rotatable bonds is 3. The smallest absolute Gasteiger partial charge is 0.295 e. The highest BCUT2D eigenvalue weighted by Gasteiger charge is 1.94. The molecule has 0 rings (SSSR count). The Kier molecular flexibility index (Phi) is 12.5. The summed E-state index contributed by atoms with van der Waals surface area (Å²) in [4.78, 5) is 9.39. The fourth-order valence-corrected chi connectivity index (χ4v) is 0.160. The van der Waals surface area contributed by atoms with Crippen LogP contribution >= 0.6 is 0 Å². The number of aliphatic hydroxyl groups excluding tert-OH is 1. The first kappa shape index (κ1) is 11.0. The molecule has 0 saturated heterocycles. The molecule has 54 valence electrons. The van der Waals surface area contributed by atoms with E-state index in [4.69, 9.17) is 5.11 Å². The summed E-state index contributed by atoms with van der Waals surface area (Å²) in [6, 6.07) is 0. The molecule has 3 nitrogen and oxygen atoms in total. The molecule has 0 amide bonds. The van der Waals surface area contributed by atoms with Gasteiger partial charge in [0.05, 0.1) is 0 Å². The summed E-state index contributed by atoms with van der Waals surface area (Å²) < 4.78 is 4.07. The van der Waals surface area contributed by atoms with E-state index in [1.54, 1.807) is 6.92 Å². The molecule has 0 aliphatic carbocycles. The van der Waals surface area contributed by atoms with Crippen LogP contribution in [0.3, 0.4) is 0 Å². The highest BCUT2D eigenvalue weighted by molar-refractivity contribution is 5.37. The Labute approximate surface area is 54.9 Å². The van der Waals surface area contributed by atoms with Crippen LogP contribution in [0.5, 0.6) is 0 Å². The zero-order valence-corrected chi connectivity index (χ0v) is 5.54. The Balaban J connectivity index is 0. The number of hydrogen-bond acceptors (Lipinski definition) is 3. The minimum Gasteiger partial charge on any atom is -0.438 e. The third-order valence-electron chi connectivity index (χ3n) is 0.562. The Morgan fingerprint density at radius 2 is 2.22 bits per heavy atom. The summed E-state index contributed by atoms with van der Waals surface area (Å²) in [6.07, 6.45) is -0.476. The first-order valence-corrected chi connectivity index (χ1v) is 2.58.